The van der Waals surface area contributed by atoms with E-state index in [0.29, 0.717) is 5.56 Å². The molecule has 0 aromatic heterocycles. The number of methoxy groups -OCH3 is 1. The Balaban J connectivity index is 2.77. The first kappa shape index (κ1) is 20.1. The second-order valence-electron chi connectivity index (χ2n) is 6.35. The molecule has 25 heavy (non-hydrogen) atoms. The molecule has 0 fully saturated rings. The van der Waals surface area contributed by atoms with Crippen LogP contribution in [0, 0.1) is 0 Å². The van der Waals surface area contributed by atoms with Gasteiger partial charge < -0.3 is 15.4 Å². The fourth-order valence-electron chi connectivity index (χ4n) is 1.81. The molecule has 0 saturated carbocycles. The Bertz CT molecular complexity index is 699. The number of carbonyl (C=O) groups excluding carboxylic acids is 4. The molecule has 0 unspecified atom stereocenters. The summed E-state index contributed by atoms with van der Waals surface area (Å²) in [5.41, 5.74) is 0.282. The molecule has 1 aromatic rings. The zero-order valence-electron chi connectivity index (χ0n) is 14.8. The second-order valence-corrected chi connectivity index (χ2v) is 6.35. The maximum atomic E-state index is 12.1. The second kappa shape index (κ2) is 8.23. The van der Waals surface area contributed by atoms with Crippen LogP contribution in [-0.2, 0) is 19.1 Å². The Kier molecular flexibility index (Phi) is 6.61. The largest absolute Gasteiger partial charge is 0.468 e. The Morgan fingerprint density at radius 3 is 2.00 bits per heavy atom. The van der Waals surface area contributed by atoms with E-state index in [1.54, 1.807) is 20.8 Å². The predicted octanol–water partition coefficient (Wildman–Crippen LogP) is 1.09. The molecular formula is C18H22N2O5. The van der Waals surface area contributed by atoms with Gasteiger partial charge in [-0.05, 0) is 26.3 Å². The van der Waals surface area contributed by atoms with Crippen LogP contribution in [0.1, 0.15) is 36.7 Å². The van der Waals surface area contributed by atoms with Crippen molar-refractivity contribution in [2.45, 2.75) is 26.3 Å². The fraction of sp³-hybridized carbons (Fsp3) is 0.333. The Morgan fingerprint density at radius 2 is 1.52 bits per heavy atom. The van der Waals surface area contributed by atoms with E-state index >= 15 is 0 Å². The van der Waals surface area contributed by atoms with Gasteiger partial charge in [0.25, 0.3) is 11.8 Å². The standard InChI is InChI=1S/C18H22N2O5/c1-11(16(23)19-10-14(21)25-5)12-6-8-13(9-7-12)15(22)17(24)20-18(2,3)4/h6-9H,1,10H2,2-5H3,(H,19,23)(H,20,24). The third kappa shape index (κ3) is 6.21. The normalized spacial score (nSPS) is 10.6. The van der Waals surface area contributed by atoms with Crippen LogP contribution in [-0.4, -0.2) is 42.8 Å². The summed E-state index contributed by atoms with van der Waals surface area (Å²) in [7, 11) is 1.22. The number of Topliss-reactive ketones (excluding diaryl/α,β-unsaturated/α-hetero) is 1. The molecule has 134 valence electrons. The van der Waals surface area contributed by atoms with Crippen molar-refractivity contribution in [2.75, 3.05) is 13.7 Å². The minimum Gasteiger partial charge on any atom is -0.468 e. The number of amides is 2. The first-order chi connectivity index (χ1) is 11.5. The van der Waals surface area contributed by atoms with Gasteiger partial charge in [0.15, 0.2) is 0 Å². The van der Waals surface area contributed by atoms with Gasteiger partial charge in [-0.1, -0.05) is 30.8 Å². The highest BCUT2D eigenvalue weighted by molar-refractivity contribution is 6.43. The van der Waals surface area contributed by atoms with Gasteiger partial charge in [-0.3, -0.25) is 19.2 Å². The summed E-state index contributed by atoms with van der Waals surface area (Å²) in [5, 5.41) is 4.96. The van der Waals surface area contributed by atoms with Gasteiger partial charge in [0.05, 0.1) is 7.11 Å². The lowest BCUT2D eigenvalue weighted by Gasteiger charge is -2.19. The molecule has 0 aliphatic heterocycles. The van der Waals surface area contributed by atoms with E-state index < -0.39 is 29.1 Å². The van der Waals surface area contributed by atoms with E-state index in [4.69, 9.17) is 0 Å². The third-order valence-corrected chi connectivity index (χ3v) is 3.09. The number of benzene rings is 1. The highest BCUT2D eigenvalue weighted by Gasteiger charge is 2.21. The van der Waals surface area contributed by atoms with Crippen molar-refractivity contribution in [1.29, 1.82) is 0 Å². The highest BCUT2D eigenvalue weighted by atomic mass is 16.5. The Hall–Kier alpha value is -2.96. The summed E-state index contributed by atoms with van der Waals surface area (Å²) in [6.07, 6.45) is 0. The van der Waals surface area contributed by atoms with Gasteiger partial charge in [0.1, 0.15) is 6.54 Å². The molecule has 7 nitrogen and oxygen atoms in total. The molecule has 2 amide bonds. The molecule has 2 N–H and O–H groups in total. The van der Waals surface area contributed by atoms with Gasteiger partial charge in [0.2, 0.25) is 5.78 Å². The average molecular weight is 346 g/mol. The molecule has 0 spiro atoms. The maximum absolute atomic E-state index is 12.1. The van der Waals surface area contributed by atoms with Crippen LogP contribution in [0.3, 0.4) is 0 Å². The molecule has 1 aromatic carbocycles. The minimum absolute atomic E-state index is 0.127. The van der Waals surface area contributed by atoms with Crippen molar-refractivity contribution in [3.63, 3.8) is 0 Å². The lowest BCUT2D eigenvalue weighted by atomic mass is 10.0. The van der Waals surface area contributed by atoms with Gasteiger partial charge in [-0.25, -0.2) is 0 Å². The smallest absolute Gasteiger partial charge is 0.325 e. The number of rotatable bonds is 6. The average Bonchev–Trinajstić information content (AvgIpc) is 2.56. The number of nitrogens with one attached hydrogen (secondary N) is 2. The number of carbonyl (C=O) groups is 4. The summed E-state index contributed by atoms with van der Waals surface area (Å²) in [6.45, 7) is 8.72. The van der Waals surface area contributed by atoms with E-state index in [1.165, 1.54) is 31.4 Å². The van der Waals surface area contributed by atoms with Crippen molar-refractivity contribution >= 4 is 29.1 Å². The van der Waals surface area contributed by atoms with Gasteiger partial charge >= 0.3 is 5.97 Å². The number of ether oxygens (including phenoxy) is 1. The molecule has 1 rings (SSSR count). The van der Waals surface area contributed by atoms with Gasteiger partial charge in [-0.15, -0.1) is 0 Å². The topological polar surface area (TPSA) is 102 Å². The quantitative estimate of drug-likeness (QED) is 0.347. The van der Waals surface area contributed by atoms with Crippen LogP contribution in [0.4, 0.5) is 0 Å². The predicted molar refractivity (Wildman–Crippen MR) is 92.7 cm³/mol. The van der Waals surface area contributed by atoms with Crippen LogP contribution in [0.25, 0.3) is 5.57 Å². The van der Waals surface area contributed by atoms with E-state index in [-0.39, 0.29) is 17.7 Å². The molecule has 0 aliphatic carbocycles. The summed E-state index contributed by atoms with van der Waals surface area (Å²) in [6, 6.07) is 5.91. The zero-order valence-corrected chi connectivity index (χ0v) is 14.8. The Morgan fingerprint density at radius 1 is 1.00 bits per heavy atom. The molecule has 0 aliphatic rings. The molecule has 0 atom stereocenters. The molecule has 7 heteroatoms. The zero-order chi connectivity index (χ0) is 19.2. The van der Waals surface area contributed by atoms with E-state index in [0.717, 1.165) is 0 Å². The summed E-state index contributed by atoms with van der Waals surface area (Å²) < 4.78 is 4.43. The lowest BCUT2D eigenvalue weighted by Crippen LogP contribution is -2.44. The Labute approximate surface area is 146 Å². The van der Waals surface area contributed by atoms with E-state index in [2.05, 4.69) is 21.9 Å². The maximum Gasteiger partial charge on any atom is 0.325 e. The monoisotopic (exact) mass is 346 g/mol. The summed E-state index contributed by atoms with van der Waals surface area (Å²) in [4.78, 5) is 46.9. The number of hydrogen-bond acceptors (Lipinski definition) is 5. The van der Waals surface area contributed by atoms with Crippen LogP contribution >= 0.6 is 0 Å². The van der Waals surface area contributed by atoms with Crippen molar-refractivity contribution in [1.82, 2.24) is 10.6 Å². The number of ketones is 1. The summed E-state index contributed by atoms with van der Waals surface area (Å²) >= 11 is 0. The molecule has 0 saturated heterocycles. The third-order valence-electron chi connectivity index (χ3n) is 3.09. The van der Waals surface area contributed by atoms with Crippen molar-refractivity contribution in [2.24, 2.45) is 0 Å². The van der Waals surface area contributed by atoms with E-state index in [9.17, 15) is 19.2 Å². The fourth-order valence-corrected chi connectivity index (χ4v) is 1.81. The first-order valence-corrected chi connectivity index (χ1v) is 7.56. The van der Waals surface area contributed by atoms with Crippen molar-refractivity contribution in [3.05, 3.63) is 42.0 Å². The van der Waals surface area contributed by atoms with Gasteiger partial charge in [-0.2, -0.15) is 0 Å². The van der Waals surface area contributed by atoms with Crippen LogP contribution in [0.15, 0.2) is 30.8 Å². The first-order valence-electron chi connectivity index (χ1n) is 7.56. The number of hydrogen-bond donors (Lipinski definition) is 2. The van der Waals surface area contributed by atoms with Crippen molar-refractivity contribution in [3.8, 4) is 0 Å². The lowest BCUT2D eigenvalue weighted by molar-refractivity contribution is -0.140. The molecule has 0 bridgehead atoms. The molecular weight excluding hydrogens is 324 g/mol. The van der Waals surface area contributed by atoms with Crippen LogP contribution in [0.2, 0.25) is 0 Å². The van der Waals surface area contributed by atoms with E-state index in [1.807, 2.05) is 0 Å². The van der Waals surface area contributed by atoms with Gasteiger partial charge in [0, 0.05) is 16.7 Å². The highest BCUT2D eigenvalue weighted by Crippen LogP contribution is 2.14. The minimum atomic E-state index is -0.699. The van der Waals surface area contributed by atoms with Crippen LogP contribution < -0.4 is 10.6 Å². The van der Waals surface area contributed by atoms with Crippen LogP contribution in [0.5, 0.6) is 0 Å². The number of esters is 1. The molecule has 0 heterocycles. The van der Waals surface area contributed by atoms with Crippen molar-refractivity contribution < 1.29 is 23.9 Å². The molecule has 0 radical (unpaired) electrons. The SMILES string of the molecule is C=C(C(=O)NCC(=O)OC)c1ccc(C(=O)C(=O)NC(C)(C)C)cc1. The summed E-state index contributed by atoms with van der Waals surface area (Å²) in [5.74, 6) is -2.47.